The number of phosphoric ester groups is 4. The van der Waals surface area contributed by atoms with Crippen molar-refractivity contribution in [2.75, 3.05) is 12.8 Å². The number of phosphoric acid groups is 4. The molecule has 0 amide bonds. The van der Waals surface area contributed by atoms with Crippen molar-refractivity contribution >= 4 is 56.3 Å². The van der Waals surface area contributed by atoms with E-state index >= 15 is 0 Å². The Hall–Kier alpha value is 1.08. The number of hydrogen-bond acceptors (Lipinski definition) is 19. The molecular weight excluding hydrogens is 671 g/mol. The first-order chi connectivity index (χ1) is 17.9. The summed E-state index contributed by atoms with van der Waals surface area (Å²) >= 11 is 0. The minimum Gasteiger partial charge on any atom is -0.396 e. The van der Waals surface area contributed by atoms with E-state index in [1.54, 1.807) is 0 Å². The lowest BCUT2D eigenvalue weighted by atomic mass is 9.85. The Morgan fingerprint density at radius 3 is 2.00 bits per heavy atom. The summed E-state index contributed by atoms with van der Waals surface area (Å²) in [6.45, 7) is -3.40. The van der Waals surface area contributed by atoms with Gasteiger partial charge in [-0.05, 0) is 0 Å². The highest BCUT2D eigenvalue weighted by atomic mass is 31.2. The molecule has 2 saturated heterocycles. The van der Waals surface area contributed by atoms with Gasteiger partial charge in [0.25, 0.3) is 14.5 Å². The van der Waals surface area contributed by atoms with E-state index in [0.29, 0.717) is 0 Å². The molecule has 3 fully saturated rings. The van der Waals surface area contributed by atoms with Crippen LogP contribution in [0.25, 0.3) is 0 Å². The molecule has 2 radical (unpaired) electrons. The zero-order chi connectivity index (χ0) is 29.4. The Morgan fingerprint density at radius 2 is 1.46 bits per heavy atom. The van der Waals surface area contributed by atoms with Crippen molar-refractivity contribution in [3.05, 3.63) is 0 Å². The Balaban J connectivity index is 2.28. The highest BCUT2D eigenvalue weighted by molar-refractivity contribution is 7.49. The Kier molecular flexibility index (Phi) is 11.9. The molecule has 39 heavy (non-hydrogen) atoms. The van der Waals surface area contributed by atoms with Gasteiger partial charge in [-0.2, -0.15) is 0 Å². The van der Waals surface area contributed by atoms with E-state index in [0.717, 1.165) is 0 Å². The van der Waals surface area contributed by atoms with Crippen LogP contribution in [-0.2, 0) is 68.0 Å². The molecule has 0 aromatic carbocycles. The standard InChI is InChI=1S/C9H20BNO22P6/c10-32-38(19,20)28-5-3(23-34(13)2-1-12)6(29-39(21,22)33-11)8-7-4(5)24-35(14)25-9(30-36(15,16)26-7)31-37(17,18)27-8/h3-9,12-14H,1-2,11H2,(H,15,16)(H,17,18)(H,19,20)(H,21,22). The molecule has 3 rings (SSSR count). The maximum Gasteiger partial charge on any atom is 0.489 e. The summed E-state index contributed by atoms with van der Waals surface area (Å²) in [4.78, 5) is 60.7. The Morgan fingerprint density at radius 1 is 0.923 bits per heavy atom. The molecule has 1 saturated carbocycles. The number of aliphatic hydroxyl groups excluding tert-OH is 1. The minimum atomic E-state index is -5.56. The number of hydrogen-bond donors (Lipinski definition) is 8. The molecule has 2 aliphatic heterocycles. The predicted octanol–water partition coefficient (Wildman–Crippen LogP) is -1.42. The topological polar surface area (TPSA) is 337 Å². The summed E-state index contributed by atoms with van der Waals surface area (Å²) in [7, 11) is -23.3. The van der Waals surface area contributed by atoms with Crippen LogP contribution in [0.3, 0.4) is 0 Å². The van der Waals surface area contributed by atoms with E-state index in [-0.39, 0.29) is 0 Å². The third kappa shape index (κ3) is 9.29. The van der Waals surface area contributed by atoms with Gasteiger partial charge in [-0.1, -0.05) is 0 Å². The van der Waals surface area contributed by atoms with Gasteiger partial charge in [-0.3, -0.25) is 22.6 Å². The lowest BCUT2D eigenvalue weighted by Gasteiger charge is -2.49. The monoisotopic (exact) mass is 691 g/mol. The molecule has 0 aromatic rings. The molecule has 1 aliphatic carbocycles. The van der Waals surface area contributed by atoms with Crippen molar-refractivity contribution in [3.63, 3.8) is 0 Å². The van der Waals surface area contributed by atoms with Crippen LogP contribution in [0.15, 0.2) is 0 Å². The van der Waals surface area contributed by atoms with Crippen LogP contribution in [0.5, 0.6) is 0 Å². The first kappa shape index (κ1) is 34.6. The molecular formula is C9H20BNO22P6. The quantitative estimate of drug-likeness (QED) is 0.0740. The van der Waals surface area contributed by atoms with Gasteiger partial charge in [0.1, 0.15) is 36.6 Å². The minimum absolute atomic E-state index is 0.532. The first-order valence-corrected chi connectivity index (χ1v) is 18.2. The second-order valence-corrected chi connectivity index (χ2v) is 14.8. The molecule has 13 unspecified atom stereocenters. The van der Waals surface area contributed by atoms with E-state index in [4.69, 9.17) is 46.2 Å². The fourth-order valence-electron chi connectivity index (χ4n) is 3.31. The molecule has 9 N–H and O–H groups in total. The van der Waals surface area contributed by atoms with E-state index in [1.165, 1.54) is 0 Å². The van der Waals surface area contributed by atoms with Gasteiger partial charge in [0.2, 0.25) is 0 Å². The van der Waals surface area contributed by atoms with Crippen LogP contribution in [0.2, 0.25) is 0 Å². The number of fused-ring (bicyclic) bond motifs is 3. The van der Waals surface area contributed by atoms with Gasteiger partial charge < -0.3 is 48.0 Å². The highest BCUT2D eigenvalue weighted by Gasteiger charge is 2.64. The second-order valence-electron chi connectivity index (χ2n) is 7.15. The summed E-state index contributed by atoms with van der Waals surface area (Å²) in [5.74, 6) is 4.73. The van der Waals surface area contributed by atoms with Gasteiger partial charge in [-0.25, -0.2) is 37.8 Å². The number of aliphatic hydroxyl groups is 1. The van der Waals surface area contributed by atoms with E-state index in [1.807, 2.05) is 0 Å². The van der Waals surface area contributed by atoms with Gasteiger partial charge in [0.05, 0.1) is 6.61 Å². The highest BCUT2D eigenvalue weighted by Crippen LogP contribution is 2.63. The average Bonchev–Trinajstić information content (AvgIpc) is 2.86. The third-order valence-electron chi connectivity index (χ3n) is 4.59. The van der Waals surface area contributed by atoms with Crippen molar-refractivity contribution in [1.29, 1.82) is 0 Å². The van der Waals surface area contributed by atoms with Crippen LogP contribution >= 0.6 is 48.3 Å². The average molecular weight is 691 g/mol. The molecule has 0 aromatic heterocycles. The van der Waals surface area contributed by atoms with Gasteiger partial charge >= 0.3 is 39.9 Å². The van der Waals surface area contributed by atoms with Crippen molar-refractivity contribution in [1.82, 2.24) is 0 Å². The summed E-state index contributed by atoms with van der Waals surface area (Å²) in [5.41, 5.74) is 0. The molecule has 2 bridgehead atoms. The molecule has 3 aliphatic rings. The summed E-state index contributed by atoms with van der Waals surface area (Å²) in [5, 5.41) is 9.13. The van der Waals surface area contributed by atoms with Crippen molar-refractivity contribution in [2.24, 2.45) is 5.90 Å². The summed E-state index contributed by atoms with van der Waals surface area (Å²) < 4.78 is 101. The van der Waals surface area contributed by atoms with Crippen LogP contribution in [0, 0.1) is 0 Å². The first-order valence-electron chi connectivity index (χ1n) is 9.66. The van der Waals surface area contributed by atoms with E-state index < -0.39 is 104 Å². The fourth-order valence-corrected chi connectivity index (χ4v) is 8.04. The number of nitrogens with two attached hydrogens (primary N) is 1. The Bertz CT molecular complexity index is 1050. The third-order valence-corrected chi connectivity index (χ3v) is 9.89. The largest absolute Gasteiger partial charge is 0.489 e. The normalized spacial score (nSPS) is 45.0. The SMILES string of the molecule is [B]OP(=O)(O)OC1C(OP(O)CCO)C(OP(=O)(O)ON)C2OP(=O)(O)OC3OP(O)OC1C2OP(=O)(O)O3. The van der Waals surface area contributed by atoms with Gasteiger partial charge in [0, 0.05) is 6.16 Å². The summed E-state index contributed by atoms with van der Waals surface area (Å²) in [6, 6.07) is 0. The van der Waals surface area contributed by atoms with Crippen LogP contribution in [0.1, 0.15) is 0 Å². The lowest BCUT2D eigenvalue weighted by molar-refractivity contribution is -0.204. The van der Waals surface area contributed by atoms with Crippen molar-refractivity contribution in [3.8, 4) is 0 Å². The molecule has 2 heterocycles. The molecule has 226 valence electrons. The second kappa shape index (κ2) is 13.4. The fraction of sp³-hybridized carbons (Fsp3) is 1.00. The van der Waals surface area contributed by atoms with Crippen LogP contribution in [-0.4, -0.2) is 98.4 Å². The van der Waals surface area contributed by atoms with Crippen LogP contribution < -0.4 is 5.90 Å². The smallest absolute Gasteiger partial charge is 0.396 e. The van der Waals surface area contributed by atoms with Crippen molar-refractivity contribution < 1.29 is 103 Å². The van der Waals surface area contributed by atoms with Crippen LogP contribution in [0.4, 0.5) is 0 Å². The van der Waals surface area contributed by atoms with Crippen molar-refractivity contribution in [2.45, 2.75) is 43.1 Å². The van der Waals surface area contributed by atoms with E-state index in [2.05, 4.69) is 22.6 Å². The predicted molar refractivity (Wildman–Crippen MR) is 118 cm³/mol. The molecule has 13 atom stereocenters. The molecule has 30 heteroatoms. The summed E-state index contributed by atoms with van der Waals surface area (Å²) in [6.07, 6.45) is -14.7. The Labute approximate surface area is 221 Å². The zero-order valence-electron chi connectivity index (χ0n) is 18.5. The van der Waals surface area contributed by atoms with Gasteiger partial charge in [0.15, 0.2) is 8.38 Å². The maximum atomic E-state index is 12.7. The zero-order valence-corrected chi connectivity index (χ0v) is 23.9. The molecule has 23 nitrogen and oxygen atoms in total. The maximum absolute atomic E-state index is 12.7. The van der Waals surface area contributed by atoms with Gasteiger partial charge in [-0.15, -0.1) is 0 Å². The number of rotatable bonds is 10. The molecule has 0 spiro atoms. The van der Waals surface area contributed by atoms with E-state index in [9.17, 15) is 47.6 Å². The lowest BCUT2D eigenvalue weighted by Crippen LogP contribution is -2.66.